The van der Waals surface area contributed by atoms with Gasteiger partial charge in [0.1, 0.15) is 11.6 Å². The summed E-state index contributed by atoms with van der Waals surface area (Å²) in [6, 6.07) is 19.4. The van der Waals surface area contributed by atoms with E-state index in [-0.39, 0.29) is 12.5 Å². The molecule has 0 aliphatic heterocycles. The lowest BCUT2D eigenvalue weighted by Gasteiger charge is -2.23. The van der Waals surface area contributed by atoms with E-state index in [0.717, 1.165) is 34.3 Å². The van der Waals surface area contributed by atoms with Gasteiger partial charge in [-0.15, -0.1) is 11.3 Å². The van der Waals surface area contributed by atoms with Crippen LogP contribution in [0.1, 0.15) is 69.2 Å². The molecule has 0 bridgehead atoms. The maximum absolute atomic E-state index is 13.2. The largest absolute Gasteiger partial charge is 0.477 e. The smallest absolute Gasteiger partial charge is 0.346 e. The molecule has 0 saturated heterocycles. The summed E-state index contributed by atoms with van der Waals surface area (Å²) in [6.07, 6.45) is 5.77. The fourth-order valence-corrected chi connectivity index (χ4v) is 6.93. The summed E-state index contributed by atoms with van der Waals surface area (Å²) in [7, 11) is 3.39. The lowest BCUT2D eigenvalue weighted by molar-refractivity contribution is 0.0694. The van der Waals surface area contributed by atoms with Crippen LogP contribution in [0.4, 0.5) is 0 Å². The van der Waals surface area contributed by atoms with Gasteiger partial charge in [0, 0.05) is 31.8 Å². The summed E-state index contributed by atoms with van der Waals surface area (Å²) in [6.45, 7) is 0.494. The van der Waals surface area contributed by atoms with Gasteiger partial charge in [0.15, 0.2) is 0 Å². The number of hydrogen-bond acceptors (Lipinski definition) is 4. The van der Waals surface area contributed by atoms with Gasteiger partial charge in [-0.1, -0.05) is 67.8 Å². The van der Waals surface area contributed by atoms with Crippen LogP contribution in [0.15, 0.2) is 60.7 Å². The lowest BCUT2D eigenvalue weighted by Crippen LogP contribution is -2.27. The number of nitrogens with zero attached hydrogens (tertiary/aromatic N) is 2. The zero-order chi connectivity index (χ0) is 25.9. The Hall–Kier alpha value is -3.42. The molecule has 0 spiro atoms. The monoisotopic (exact) mass is 516 g/mol. The third-order valence-corrected chi connectivity index (χ3v) is 8.54. The summed E-state index contributed by atoms with van der Waals surface area (Å²) in [5.41, 5.74) is 5.54. The Morgan fingerprint density at radius 1 is 1.03 bits per heavy atom. The van der Waals surface area contributed by atoms with E-state index in [2.05, 4.69) is 16.7 Å². The van der Waals surface area contributed by atoms with E-state index < -0.39 is 5.97 Å². The Balaban J connectivity index is 1.72. The number of fused-ring (bicyclic) bond motifs is 1. The van der Waals surface area contributed by atoms with Gasteiger partial charge in [0.2, 0.25) is 0 Å². The second kappa shape index (κ2) is 10.9. The molecule has 0 radical (unpaired) electrons. The van der Waals surface area contributed by atoms with Crippen molar-refractivity contribution < 1.29 is 19.4 Å². The molecule has 1 saturated carbocycles. The van der Waals surface area contributed by atoms with Gasteiger partial charge >= 0.3 is 5.97 Å². The number of methoxy groups -OCH3 is 1. The molecule has 1 amide bonds. The van der Waals surface area contributed by atoms with E-state index >= 15 is 0 Å². The second-order valence-corrected chi connectivity index (χ2v) is 10.7. The highest BCUT2D eigenvalue weighted by Gasteiger charge is 2.32. The zero-order valence-electron chi connectivity index (χ0n) is 21.3. The zero-order valence-corrected chi connectivity index (χ0v) is 22.1. The Labute approximate surface area is 221 Å². The molecule has 192 valence electrons. The van der Waals surface area contributed by atoms with E-state index in [1.807, 2.05) is 36.4 Å². The molecule has 37 heavy (non-hydrogen) atoms. The molecule has 1 N–H and O–H groups in total. The third kappa shape index (κ3) is 4.81. The van der Waals surface area contributed by atoms with E-state index in [9.17, 15) is 14.7 Å². The molecule has 2 heterocycles. The number of rotatable bonds is 8. The Morgan fingerprint density at radius 2 is 1.68 bits per heavy atom. The number of carbonyl (C=O) groups excluding carboxylic acids is 1. The molecule has 7 heteroatoms. The van der Waals surface area contributed by atoms with Crippen LogP contribution in [0, 0.1) is 0 Å². The van der Waals surface area contributed by atoms with Crippen molar-refractivity contribution in [1.82, 2.24) is 9.47 Å². The number of carboxylic acid groups (broad SMARTS) is 1. The minimum atomic E-state index is -0.961. The topological polar surface area (TPSA) is 71.8 Å². The number of carbonyl (C=O) groups is 2. The summed E-state index contributed by atoms with van der Waals surface area (Å²) in [4.78, 5) is 27.6. The van der Waals surface area contributed by atoms with Crippen molar-refractivity contribution in [3.8, 4) is 11.3 Å². The number of aromatic nitrogens is 1. The van der Waals surface area contributed by atoms with Crippen molar-refractivity contribution in [2.24, 2.45) is 0 Å². The molecule has 0 unspecified atom stereocenters. The third-order valence-electron chi connectivity index (χ3n) is 7.29. The highest BCUT2D eigenvalue weighted by molar-refractivity contribution is 7.21. The fourth-order valence-electron chi connectivity index (χ4n) is 5.65. The molecular formula is C30H32N2O4S. The van der Waals surface area contributed by atoms with Crippen LogP contribution < -0.4 is 0 Å². The molecule has 6 nitrogen and oxygen atoms in total. The van der Waals surface area contributed by atoms with Crippen molar-refractivity contribution in [2.45, 2.75) is 51.3 Å². The van der Waals surface area contributed by atoms with Gasteiger partial charge in [0.25, 0.3) is 5.91 Å². The molecule has 2 aromatic heterocycles. The normalized spacial score (nSPS) is 14.2. The Kier molecular flexibility index (Phi) is 7.44. The van der Waals surface area contributed by atoms with Crippen LogP contribution in [0.2, 0.25) is 0 Å². The van der Waals surface area contributed by atoms with Crippen molar-refractivity contribution in [1.29, 1.82) is 0 Å². The highest BCUT2D eigenvalue weighted by Crippen LogP contribution is 2.48. The van der Waals surface area contributed by atoms with Crippen molar-refractivity contribution in [3.63, 3.8) is 0 Å². The predicted octanol–water partition coefficient (Wildman–Crippen LogP) is 6.99. The van der Waals surface area contributed by atoms with Crippen LogP contribution in [-0.2, 0) is 18.0 Å². The molecule has 4 aromatic rings. The molecule has 2 aromatic carbocycles. The Morgan fingerprint density at radius 3 is 2.30 bits per heavy atom. The van der Waals surface area contributed by atoms with Crippen molar-refractivity contribution >= 4 is 33.4 Å². The average Bonchev–Trinajstić information content (AvgIpc) is 3.45. The summed E-state index contributed by atoms with van der Waals surface area (Å²) >= 11 is 1.34. The summed E-state index contributed by atoms with van der Waals surface area (Å²) < 4.78 is 8.83. The van der Waals surface area contributed by atoms with Gasteiger partial charge in [-0.05, 0) is 42.0 Å². The lowest BCUT2D eigenvalue weighted by atomic mass is 9.83. The first-order valence-electron chi connectivity index (χ1n) is 12.8. The predicted molar refractivity (Wildman–Crippen MR) is 147 cm³/mol. The molecule has 1 fully saturated rings. The van der Waals surface area contributed by atoms with Crippen LogP contribution in [0.3, 0.4) is 0 Å². The quantitative estimate of drug-likeness (QED) is 0.274. The van der Waals surface area contributed by atoms with Gasteiger partial charge < -0.3 is 19.3 Å². The maximum atomic E-state index is 13.2. The molecule has 5 rings (SSSR count). The standard InChI is InChI=1S/C30H32N2O4S/c1-31(29(33)22-16-10-5-11-17-22)18-23-26-28(37-27(23)30(34)35)24(20-12-6-3-7-13-20)25(32(26)19-36-2)21-14-8-4-9-15-21/h4-5,8-11,14-17,20H,3,6-7,12-13,18-19H2,1-2H3,(H,34,35). The number of aromatic carboxylic acids is 1. The minimum absolute atomic E-state index is 0.142. The van der Waals surface area contributed by atoms with Gasteiger partial charge in [-0.3, -0.25) is 4.79 Å². The molecular weight excluding hydrogens is 484 g/mol. The van der Waals surface area contributed by atoms with Gasteiger partial charge in [0.05, 0.1) is 15.9 Å². The number of thiophene rings is 1. The number of carboxylic acids is 1. The highest BCUT2D eigenvalue weighted by atomic mass is 32.1. The van der Waals surface area contributed by atoms with Crippen LogP contribution in [-0.4, -0.2) is 40.6 Å². The van der Waals surface area contributed by atoms with Crippen LogP contribution in [0.5, 0.6) is 0 Å². The van der Waals surface area contributed by atoms with Gasteiger partial charge in [-0.25, -0.2) is 4.79 Å². The van der Waals surface area contributed by atoms with Crippen LogP contribution >= 0.6 is 11.3 Å². The van der Waals surface area contributed by atoms with Crippen LogP contribution in [0.25, 0.3) is 21.5 Å². The van der Waals surface area contributed by atoms with Gasteiger partial charge in [-0.2, -0.15) is 0 Å². The second-order valence-electron chi connectivity index (χ2n) is 9.73. The van der Waals surface area contributed by atoms with E-state index in [1.54, 1.807) is 31.2 Å². The molecule has 0 atom stereocenters. The number of hydrogen-bond donors (Lipinski definition) is 1. The number of benzene rings is 2. The van der Waals surface area contributed by atoms with E-state index in [4.69, 9.17) is 4.74 Å². The first-order valence-corrected chi connectivity index (χ1v) is 13.6. The van der Waals surface area contributed by atoms with E-state index in [1.165, 1.54) is 36.2 Å². The summed E-state index contributed by atoms with van der Waals surface area (Å²) in [5, 5.41) is 10.2. The molecule has 1 aliphatic carbocycles. The average molecular weight is 517 g/mol. The fraction of sp³-hybridized carbons (Fsp3) is 0.333. The number of ether oxygens (including phenoxy) is 1. The number of amides is 1. The molecule has 1 aliphatic rings. The first-order chi connectivity index (χ1) is 18.0. The minimum Gasteiger partial charge on any atom is -0.477 e. The first kappa shape index (κ1) is 25.2. The SMILES string of the molecule is COCn1c(-c2ccccc2)c(C2CCCCC2)c2sc(C(=O)O)c(CN(C)C(=O)c3ccccc3)c21. The Bertz CT molecular complexity index is 1400. The van der Waals surface area contributed by atoms with E-state index in [0.29, 0.717) is 28.7 Å². The van der Waals surface area contributed by atoms with Crippen molar-refractivity contribution in [3.05, 3.63) is 82.2 Å². The maximum Gasteiger partial charge on any atom is 0.346 e. The summed E-state index contributed by atoms with van der Waals surface area (Å²) in [5.74, 6) is -0.741. The van der Waals surface area contributed by atoms with Crippen molar-refractivity contribution in [2.75, 3.05) is 14.2 Å².